The van der Waals surface area contributed by atoms with Gasteiger partial charge in [-0.05, 0) is 124 Å². The minimum Gasteiger partial charge on any atom is -0.294 e. The van der Waals surface area contributed by atoms with Crippen LogP contribution in [0.3, 0.4) is 0 Å². The highest BCUT2D eigenvalue weighted by atomic mass is 15.1. The summed E-state index contributed by atoms with van der Waals surface area (Å²) < 4.78 is 2.36. The molecule has 0 N–H and O–H groups in total. The topological polar surface area (TPSA) is 30.7 Å². The average molecular weight is 732 g/mol. The maximum atomic E-state index is 5.32. The van der Waals surface area contributed by atoms with Crippen LogP contribution in [-0.4, -0.2) is 14.5 Å². The Hall–Kier alpha value is -6.32. The van der Waals surface area contributed by atoms with Crippen LogP contribution in [0.15, 0.2) is 164 Å². The second kappa shape index (κ2) is 11.8. The fraction of sp³-hybridized carbons (Fsp3) is 0.185. The Morgan fingerprint density at radius 3 is 1.91 bits per heavy atom. The molecule has 3 nitrogen and oxygen atoms in total. The zero-order valence-corrected chi connectivity index (χ0v) is 31.8. The standard InChI is InChI=1S/C54H41N3/c1-3-12-36(13-4-1)48-32-51(56-53(55-48)37-14-5-2-6-15-37)57-49-23-21-39(31-45(49)52-42-16-8-7-11-35(42)20-24-50(52)57)38-19-22-47-44(30-38)43-17-9-10-18-46(43)54(47)40-26-33-25-34(28-40)29-41(54)27-33/h1-24,30-34,40-41H,25-29H2. The maximum Gasteiger partial charge on any atom is 0.162 e. The molecule has 4 saturated carbocycles. The normalized spacial score (nSPS) is 22.8. The summed E-state index contributed by atoms with van der Waals surface area (Å²) in [5.74, 6) is 5.00. The van der Waals surface area contributed by atoms with Crippen LogP contribution < -0.4 is 0 Å². The van der Waals surface area contributed by atoms with Crippen molar-refractivity contribution >= 4 is 32.6 Å². The summed E-state index contributed by atoms with van der Waals surface area (Å²) >= 11 is 0. The van der Waals surface area contributed by atoms with E-state index < -0.39 is 0 Å². The molecule has 0 radical (unpaired) electrons. The van der Waals surface area contributed by atoms with Gasteiger partial charge >= 0.3 is 0 Å². The molecule has 0 saturated heterocycles. The first-order valence-corrected chi connectivity index (χ1v) is 20.9. The van der Waals surface area contributed by atoms with Gasteiger partial charge in [-0.1, -0.05) is 133 Å². The van der Waals surface area contributed by atoms with Crippen molar-refractivity contribution in [1.82, 2.24) is 14.5 Å². The van der Waals surface area contributed by atoms with Gasteiger partial charge in [0.2, 0.25) is 0 Å². The molecule has 5 aliphatic carbocycles. The van der Waals surface area contributed by atoms with E-state index in [1.165, 1.54) is 75.9 Å². The second-order valence-electron chi connectivity index (χ2n) is 17.4. The van der Waals surface area contributed by atoms with E-state index in [-0.39, 0.29) is 5.41 Å². The summed E-state index contributed by atoms with van der Waals surface area (Å²) in [5, 5.41) is 4.98. The van der Waals surface area contributed by atoms with Crippen molar-refractivity contribution in [3.63, 3.8) is 0 Å². The lowest BCUT2D eigenvalue weighted by Crippen LogP contribution is -2.55. The Bertz CT molecular complexity index is 3000. The van der Waals surface area contributed by atoms with E-state index in [1.807, 2.05) is 6.07 Å². The predicted octanol–water partition coefficient (Wildman–Crippen LogP) is 13.5. The fourth-order valence-corrected chi connectivity index (χ4v) is 12.6. The van der Waals surface area contributed by atoms with Crippen molar-refractivity contribution in [3.05, 3.63) is 175 Å². The summed E-state index contributed by atoms with van der Waals surface area (Å²) in [5.41, 5.74) is 14.1. The molecule has 9 aromatic rings. The molecule has 5 aliphatic rings. The zero-order chi connectivity index (χ0) is 37.2. The molecule has 272 valence electrons. The summed E-state index contributed by atoms with van der Waals surface area (Å²) in [4.78, 5) is 10.4. The number of fused-ring (bicyclic) bond motifs is 8. The third-order valence-corrected chi connectivity index (χ3v) is 14.6. The van der Waals surface area contributed by atoms with Gasteiger partial charge in [0.15, 0.2) is 5.82 Å². The van der Waals surface area contributed by atoms with Gasteiger partial charge in [-0.2, -0.15) is 0 Å². The Morgan fingerprint density at radius 2 is 1.11 bits per heavy atom. The lowest BCUT2D eigenvalue weighted by Gasteiger charge is -2.61. The molecule has 7 aromatic carbocycles. The monoisotopic (exact) mass is 731 g/mol. The summed E-state index contributed by atoms with van der Waals surface area (Å²) in [7, 11) is 0. The molecule has 14 rings (SSSR count). The minimum atomic E-state index is 0.183. The fourth-order valence-electron chi connectivity index (χ4n) is 12.6. The highest BCUT2D eigenvalue weighted by molar-refractivity contribution is 6.21. The summed E-state index contributed by atoms with van der Waals surface area (Å²) in [6.45, 7) is 0. The molecular formula is C54H41N3. The first kappa shape index (κ1) is 31.8. The maximum absolute atomic E-state index is 5.32. The SMILES string of the molecule is c1ccc(-c2cc(-n3c4ccc(-c5ccc6c(c5)-c5ccccc5C65C6CC7CC(C6)CC5C7)cc4c4c5ccccc5ccc43)nc(-c3ccccc3)n2)cc1. The Morgan fingerprint density at radius 1 is 0.456 bits per heavy atom. The lowest BCUT2D eigenvalue weighted by molar-refractivity contribution is -0.0399. The van der Waals surface area contributed by atoms with Gasteiger partial charge in [0, 0.05) is 33.4 Å². The third kappa shape index (κ3) is 4.49. The van der Waals surface area contributed by atoms with Crippen LogP contribution in [0.1, 0.15) is 43.2 Å². The Kier molecular flexibility index (Phi) is 6.62. The molecule has 2 aromatic heterocycles. The van der Waals surface area contributed by atoms with Crippen LogP contribution >= 0.6 is 0 Å². The van der Waals surface area contributed by atoms with E-state index in [0.29, 0.717) is 0 Å². The van der Waals surface area contributed by atoms with Crippen LogP contribution in [0, 0.1) is 23.7 Å². The Balaban J connectivity index is 1.03. The number of benzene rings is 7. The van der Waals surface area contributed by atoms with Crippen molar-refractivity contribution in [2.24, 2.45) is 23.7 Å². The third-order valence-electron chi connectivity index (χ3n) is 14.6. The van der Waals surface area contributed by atoms with E-state index in [4.69, 9.17) is 9.97 Å². The number of hydrogen-bond acceptors (Lipinski definition) is 2. The quantitative estimate of drug-likeness (QED) is 0.180. The van der Waals surface area contributed by atoms with Crippen molar-refractivity contribution in [2.75, 3.05) is 0 Å². The van der Waals surface area contributed by atoms with Crippen molar-refractivity contribution in [3.8, 4) is 50.7 Å². The highest BCUT2D eigenvalue weighted by Crippen LogP contribution is 2.69. The molecule has 0 aliphatic heterocycles. The first-order valence-electron chi connectivity index (χ1n) is 20.9. The molecule has 4 fully saturated rings. The molecule has 0 unspecified atom stereocenters. The summed E-state index contributed by atoms with van der Waals surface area (Å²) in [6.07, 6.45) is 7.10. The number of aromatic nitrogens is 3. The molecule has 1 spiro atoms. The van der Waals surface area contributed by atoms with Gasteiger partial charge in [0.1, 0.15) is 5.82 Å². The van der Waals surface area contributed by atoms with Crippen LogP contribution in [-0.2, 0) is 5.41 Å². The number of nitrogens with zero attached hydrogens (tertiary/aromatic N) is 3. The van der Waals surface area contributed by atoms with E-state index >= 15 is 0 Å². The molecule has 4 bridgehead atoms. The molecule has 3 heteroatoms. The van der Waals surface area contributed by atoms with Crippen LogP contribution in [0.4, 0.5) is 0 Å². The predicted molar refractivity (Wildman–Crippen MR) is 233 cm³/mol. The Labute approximate surface area is 332 Å². The van der Waals surface area contributed by atoms with Gasteiger partial charge in [0.25, 0.3) is 0 Å². The number of hydrogen-bond donors (Lipinski definition) is 0. The van der Waals surface area contributed by atoms with Gasteiger partial charge in [-0.25, -0.2) is 9.97 Å². The van der Waals surface area contributed by atoms with Crippen molar-refractivity contribution in [2.45, 2.75) is 37.5 Å². The van der Waals surface area contributed by atoms with E-state index in [0.717, 1.165) is 63.2 Å². The lowest BCUT2D eigenvalue weighted by atomic mass is 9.43. The first-order chi connectivity index (χ1) is 28.2. The number of rotatable bonds is 4. The van der Waals surface area contributed by atoms with Crippen LogP contribution in [0.5, 0.6) is 0 Å². The minimum absolute atomic E-state index is 0.183. The van der Waals surface area contributed by atoms with E-state index in [9.17, 15) is 0 Å². The molecule has 0 atom stereocenters. The molecule has 57 heavy (non-hydrogen) atoms. The van der Waals surface area contributed by atoms with Gasteiger partial charge in [0.05, 0.1) is 16.7 Å². The highest BCUT2D eigenvalue weighted by Gasteiger charge is 2.61. The van der Waals surface area contributed by atoms with Crippen molar-refractivity contribution in [1.29, 1.82) is 0 Å². The van der Waals surface area contributed by atoms with Crippen molar-refractivity contribution < 1.29 is 0 Å². The van der Waals surface area contributed by atoms with Gasteiger partial charge in [-0.15, -0.1) is 0 Å². The van der Waals surface area contributed by atoms with Gasteiger partial charge in [-0.3, -0.25) is 4.57 Å². The second-order valence-corrected chi connectivity index (χ2v) is 17.4. The summed E-state index contributed by atoms with van der Waals surface area (Å²) in [6, 6.07) is 60.4. The molecular weight excluding hydrogens is 691 g/mol. The van der Waals surface area contributed by atoms with E-state index in [2.05, 4.69) is 162 Å². The molecule has 2 heterocycles. The van der Waals surface area contributed by atoms with Crippen LogP contribution in [0.2, 0.25) is 0 Å². The van der Waals surface area contributed by atoms with Gasteiger partial charge < -0.3 is 0 Å². The molecule has 0 amide bonds. The average Bonchev–Trinajstić information content (AvgIpc) is 3.76. The smallest absolute Gasteiger partial charge is 0.162 e. The largest absolute Gasteiger partial charge is 0.294 e. The van der Waals surface area contributed by atoms with Crippen LogP contribution in [0.25, 0.3) is 83.3 Å². The zero-order valence-electron chi connectivity index (χ0n) is 31.8. The van der Waals surface area contributed by atoms with E-state index in [1.54, 1.807) is 11.1 Å².